The third-order valence-electron chi connectivity index (χ3n) is 4.47. The highest BCUT2D eigenvalue weighted by molar-refractivity contribution is 5.78. The minimum atomic E-state index is 0.112. The summed E-state index contributed by atoms with van der Waals surface area (Å²) in [5.41, 5.74) is 2.81. The lowest BCUT2D eigenvalue weighted by Gasteiger charge is -2.20. The number of allylic oxidation sites excluding steroid dienone is 1. The molecule has 1 N–H and O–H groups in total. The monoisotopic (exact) mass is 326 g/mol. The maximum atomic E-state index is 12.2. The van der Waals surface area contributed by atoms with Gasteiger partial charge in [0.1, 0.15) is 0 Å². The third-order valence-corrected chi connectivity index (χ3v) is 4.47. The highest BCUT2D eigenvalue weighted by atomic mass is 16.2. The first kappa shape index (κ1) is 18.5. The molecule has 0 saturated heterocycles. The highest BCUT2D eigenvalue weighted by Gasteiger charge is 2.10. The Balaban J connectivity index is 1.69. The molecule has 3 nitrogen and oxygen atoms in total. The van der Waals surface area contributed by atoms with Gasteiger partial charge in [0, 0.05) is 19.6 Å². The van der Waals surface area contributed by atoms with Crippen molar-refractivity contribution in [1.29, 1.82) is 0 Å². The van der Waals surface area contributed by atoms with E-state index in [0.29, 0.717) is 6.54 Å². The van der Waals surface area contributed by atoms with Gasteiger partial charge in [-0.15, -0.1) is 6.58 Å². The van der Waals surface area contributed by atoms with Gasteiger partial charge in [-0.1, -0.05) is 48.1 Å². The maximum Gasteiger partial charge on any atom is 0.234 e. The normalized spacial score (nSPS) is 14.3. The molecule has 130 valence electrons. The van der Waals surface area contributed by atoms with Crippen LogP contribution in [0.5, 0.6) is 0 Å². The van der Waals surface area contributed by atoms with Crippen molar-refractivity contribution in [3.05, 3.63) is 60.2 Å². The van der Waals surface area contributed by atoms with Crippen molar-refractivity contribution >= 4 is 5.91 Å². The van der Waals surface area contributed by atoms with E-state index < -0.39 is 0 Å². The Morgan fingerprint density at radius 1 is 1.21 bits per heavy atom. The van der Waals surface area contributed by atoms with Crippen molar-refractivity contribution in [3.8, 4) is 0 Å². The zero-order valence-electron chi connectivity index (χ0n) is 14.7. The van der Waals surface area contributed by atoms with Crippen molar-refractivity contribution in [2.75, 3.05) is 26.2 Å². The van der Waals surface area contributed by atoms with Crippen molar-refractivity contribution < 1.29 is 4.79 Å². The third kappa shape index (κ3) is 7.14. The van der Waals surface area contributed by atoms with Crippen LogP contribution in [0.2, 0.25) is 0 Å². The zero-order valence-corrected chi connectivity index (χ0v) is 14.7. The van der Waals surface area contributed by atoms with E-state index in [1.807, 2.05) is 12.1 Å². The lowest BCUT2D eigenvalue weighted by Crippen LogP contribution is -2.38. The second kappa shape index (κ2) is 10.8. The first-order valence-corrected chi connectivity index (χ1v) is 9.09. The van der Waals surface area contributed by atoms with E-state index in [1.54, 1.807) is 0 Å². The molecular weight excluding hydrogens is 296 g/mol. The molecule has 0 fully saturated rings. The standard InChI is InChI=1S/C21H30N2O/c1-2-16-23(17-14-20-11-7-4-8-12-20)18-21(24)22-15-13-19-9-5-3-6-10-19/h2,4,7-9,11-12H,1,3,5-6,10,13-18H2,(H,22,24). The van der Waals surface area contributed by atoms with Crippen LogP contribution < -0.4 is 5.32 Å². The summed E-state index contributed by atoms with van der Waals surface area (Å²) >= 11 is 0. The van der Waals surface area contributed by atoms with Gasteiger partial charge in [-0.2, -0.15) is 0 Å². The van der Waals surface area contributed by atoms with Gasteiger partial charge in [0.2, 0.25) is 5.91 Å². The minimum Gasteiger partial charge on any atom is -0.355 e. The van der Waals surface area contributed by atoms with E-state index >= 15 is 0 Å². The SMILES string of the molecule is C=CCN(CCc1ccccc1)CC(=O)NCCC1=CCCCC1. The Hall–Kier alpha value is -1.87. The molecule has 0 bridgehead atoms. The number of hydrogen-bond acceptors (Lipinski definition) is 2. The van der Waals surface area contributed by atoms with Crippen LogP contribution in [-0.2, 0) is 11.2 Å². The number of nitrogens with zero attached hydrogens (tertiary/aromatic N) is 1. The number of amides is 1. The summed E-state index contributed by atoms with van der Waals surface area (Å²) in [7, 11) is 0. The molecule has 1 aromatic rings. The molecule has 1 aliphatic carbocycles. The molecule has 2 rings (SSSR count). The lowest BCUT2D eigenvalue weighted by atomic mass is 9.97. The van der Waals surface area contributed by atoms with E-state index in [9.17, 15) is 4.79 Å². The van der Waals surface area contributed by atoms with Gasteiger partial charge in [0.25, 0.3) is 0 Å². The van der Waals surface area contributed by atoms with Crippen LogP contribution in [0.3, 0.4) is 0 Å². The van der Waals surface area contributed by atoms with Crippen LogP contribution in [0.4, 0.5) is 0 Å². The molecule has 0 saturated carbocycles. The second-order valence-corrected chi connectivity index (χ2v) is 6.47. The smallest absolute Gasteiger partial charge is 0.234 e. The van der Waals surface area contributed by atoms with Crippen molar-refractivity contribution in [1.82, 2.24) is 10.2 Å². The predicted octanol–water partition coefficient (Wildman–Crippen LogP) is 3.72. The molecule has 1 aliphatic rings. The summed E-state index contributed by atoms with van der Waals surface area (Å²) in [6.45, 7) is 6.61. The van der Waals surface area contributed by atoms with Gasteiger partial charge in [0.05, 0.1) is 6.54 Å². The van der Waals surface area contributed by atoms with Gasteiger partial charge < -0.3 is 5.32 Å². The summed E-state index contributed by atoms with van der Waals surface area (Å²) in [5.74, 6) is 0.112. The topological polar surface area (TPSA) is 32.3 Å². The summed E-state index contributed by atoms with van der Waals surface area (Å²) in [6.07, 6.45) is 11.2. The molecule has 0 radical (unpaired) electrons. The fourth-order valence-electron chi connectivity index (χ4n) is 3.10. The molecule has 0 unspecified atom stereocenters. The number of rotatable bonds is 10. The predicted molar refractivity (Wildman–Crippen MR) is 101 cm³/mol. The van der Waals surface area contributed by atoms with Gasteiger partial charge in [-0.25, -0.2) is 0 Å². The molecule has 0 spiro atoms. The van der Waals surface area contributed by atoms with E-state index in [0.717, 1.165) is 32.5 Å². The molecule has 24 heavy (non-hydrogen) atoms. The quantitative estimate of drug-likeness (QED) is 0.665. The lowest BCUT2D eigenvalue weighted by molar-refractivity contribution is -0.122. The average molecular weight is 326 g/mol. The first-order valence-electron chi connectivity index (χ1n) is 9.09. The molecule has 1 amide bonds. The number of nitrogens with one attached hydrogen (secondary N) is 1. The van der Waals surface area contributed by atoms with E-state index in [1.165, 1.54) is 36.8 Å². The Morgan fingerprint density at radius 3 is 2.75 bits per heavy atom. The Bertz CT molecular complexity index is 536. The fourth-order valence-corrected chi connectivity index (χ4v) is 3.10. The number of carbonyl (C=O) groups excluding carboxylic acids is 1. The summed E-state index contributed by atoms with van der Waals surface area (Å²) in [4.78, 5) is 14.3. The van der Waals surface area contributed by atoms with Crippen molar-refractivity contribution in [3.63, 3.8) is 0 Å². The van der Waals surface area contributed by atoms with Crippen LogP contribution in [0, 0.1) is 0 Å². The average Bonchev–Trinajstić information content (AvgIpc) is 2.62. The fraction of sp³-hybridized carbons (Fsp3) is 0.476. The first-order chi connectivity index (χ1) is 11.8. The van der Waals surface area contributed by atoms with Crippen LogP contribution in [0.15, 0.2) is 54.6 Å². The molecule has 1 aromatic carbocycles. The molecular formula is C21H30N2O. The van der Waals surface area contributed by atoms with E-state index in [2.05, 4.69) is 47.1 Å². The maximum absolute atomic E-state index is 12.2. The highest BCUT2D eigenvalue weighted by Crippen LogP contribution is 2.19. The van der Waals surface area contributed by atoms with Gasteiger partial charge in [0.15, 0.2) is 0 Å². The molecule has 0 heterocycles. The van der Waals surface area contributed by atoms with Gasteiger partial charge in [-0.05, 0) is 44.1 Å². The second-order valence-electron chi connectivity index (χ2n) is 6.47. The molecule has 0 aromatic heterocycles. The van der Waals surface area contributed by atoms with Crippen LogP contribution in [0.1, 0.15) is 37.7 Å². The molecule has 0 atom stereocenters. The summed E-state index contributed by atoms with van der Waals surface area (Å²) in [6, 6.07) is 10.4. The Morgan fingerprint density at radius 2 is 2.04 bits per heavy atom. The van der Waals surface area contributed by atoms with Crippen molar-refractivity contribution in [2.24, 2.45) is 0 Å². The van der Waals surface area contributed by atoms with Crippen molar-refractivity contribution in [2.45, 2.75) is 38.5 Å². The van der Waals surface area contributed by atoms with Crippen LogP contribution in [-0.4, -0.2) is 37.0 Å². The van der Waals surface area contributed by atoms with Crippen LogP contribution in [0.25, 0.3) is 0 Å². The number of carbonyl (C=O) groups is 1. The molecule has 0 aliphatic heterocycles. The largest absolute Gasteiger partial charge is 0.355 e. The van der Waals surface area contributed by atoms with Gasteiger partial charge in [-0.3, -0.25) is 9.69 Å². The summed E-state index contributed by atoms with van der Waals surface area (Å²) in [5, 5.41) is 3.06. The summed E-state index contributed by atoms with van der Waals surface area (Å²) < 4.78 is 0. The zero-order chi connectivity index (χ0) is 17.0. The Kier molecular flexibility index (Phi) is 8.33. The van der Waals surface area contributed by atoms with Crippen LogP contribution >= 0.6 is 0 Å². The Labute approximate surface area is 146 Å². The number of hydrogen-bond donors (Lipinski definition) is 1. The van der Waals surface area contributed by atoms with Gasteiger partial charge >= 0.3 is 0 Å². The molecule has 3 heteroatoms. The minimum absolute atomic E-state index is 0.112. The number of benzene rings is 1. The van der Waals surface area contributed by atoms with E-state index in [-0.39, 0.29) is 5.91 Å². The van der Waals surface area contributed by atoms with E-state index in [4.69, 9.17) is 0 Å².